The van der Waals surface area contributed by atoms with Crippen molar-refractivity contribution in [2.24, 2.45) is 5.73 Å². The lowest BCUT2D eigenvalue weighted by Crippen LogP contribution is -2.34. The Morgan fingerprint density at radius 3 is 2.67 bits per heavy atom. The van der Waals surface area contributed by atoms with Gasteiger partial charge >= 0.3 is 0 Å². The number of hydrogen-bond acceptors (Lipinski definition) is 2. The quantitative estimate of drug-likeness (QED) is 0.288. The zero-order chi connectivity index (χ0) is 6.85. The van der Waals surface area contributed by atoms with Gasteiger partial charge in [0.05, 0.1) is 6.10 Å². The Kier molecular flexibility index (Phi) is 1.57. The number of aliphatic hydroxyl groups excluding tert-OH is 1. The van der Waals surface area contributed by atoms with Gasteiger partial charge in [0.2, 0.25) is 0 Å². The summed E-state index contributed by atoms with van der Waals surface area (Å²) in [5.41, 5.74) is 5.16. The molecule has 4 N–H and O–H groups in total. The maximum atomic E-state index is 8.95. The summed E-state index contributed by atoms with van der Waals surface area (Å²) in [6.07, 6.45) is 0.452. The summed E-state index contributed by atoms with van der Waals surface area (Å²) >= 11 is 0. The van der Waals surface area contributed by atoms with Gasteiger partial charge in [-0.25, -0.2) is 0 Å². The van der Waals surface area contributed by atoms with Crippen molar-refractivity contribution in [3.63, 3.8) is 0 Å². The van der Waals surface area contributed by atoms with Crippen molar-refractivity contribution in [1.82, 2.24) is 4.90 Å². The molecule has 1 rings (SSSR count). The van der Waals surface area contributed by atoms with E-state index in [1.165, 1.54) is 0 Å². The van der Waals surface area contributed by atoms with Crippen molar-refractivity contribution >= 4 is 5.96 Å². The van der Waals surface area contributed by atoms with Gasteiger partial charge in [0.25, 0.3) is 0 Å². The van der Waals surface area contributed by atoms with E-state index in [0.29, 0.717) is 6.54 Å². The predicted molar refractivity (Wildman–Crippen MR) is 34.1 cm³/mol. The molecule has 0 unspecified atom stereocenters. The smallest absolute Gasteiger partial charge is 0.188 e. The zero-order valence-electron chi connectivity index (χ0n) is 5.17. The largest absolute Gasteiger partial charge is 0.391 e. The van der Waals surface area contributed by atoms with Crippen LogP contribution in [0.5, 0.6) is 0 Å². The van der Waals surface area contributed by atoms with Crippen LogP contribution < -0.4 is 5.73 Å². The molecule has 1 aliphatic heterocycles. The lowest BCUT2D eigenvalue weighted by atomic mass is 10.3. The number of hydrogen-bond donors (Lipinski definition) is 3. The van der Waals surface area contributed by atoms with Crippen molar-refractivity contribution in [2.75, 3.05) is 13.1 Å². The summed E-state index contributed by atoms with van der Waals surface area (Å²) < 4.78 is 0. The maximum absolute atomic E-state index is 8.95. The molecule has 0 aromatic rings. The summed E-state index contributed by atoms with van der Waals surface area (Å²) in [7, 11) is 0. The van der Waals surface area contributed by atoms with Gasteiger partial charge in [-0.3, -0.25) is 5.41 Å². The zero-order valence-corrected chi connectivity index (χ0v) is 5.17. The normalized spacial score (nSPS) is 26.8. The molecule has 0 saturated carbocycles. The van der Waals surface area contributed by atoms with Crippen LogP contribution in [0.25, 0.3) is 0 Å². The topological polar surface area (TPSA) is 73.3 Å². The van der Waals surface area contributed by atoms with Crippen molar-refractivity contribution in [3.8, 4) is 0 Å². The summed E-state index contributed by atoms with van der Waals surface area (Å²) in [5, 5.41) is 15.9. The molecule has 0 aliphatic carbocycles. The number of aliphatic hydroxyl groups is 1. The molecule has 1 aliphatic rings. The second-order valence-electron chi connectivity index (χ2n) is 2.27. The maximum Gasteiger partial charge on any atom is 0.188 e. The van der Waals surface area contributed by atoms with Gasteiger partial charge in [0, 0.05) is 13.1 Å². The molecule has 0 aromatic heterocycles. The Balaban J connectivity index is 2.39. The Labute approximate surface area is 53.8 Å². The summed E-state index contributed by atoms with van der Waals surface area (Å²) in [6, 6.07) is 0. The lowest BCUT2D eigenvalue weighted by molar-refractivity contribution is 0.188. The summed E-state index contributed by atoms with van der Waals surface area (Å²) in [6.45, 7) is 1.24. The summed E-state index contributed by atoms with van der Waals surface area (Å²) in [5.74, 6) is 0.0616. The molecule has 0 amide bonds. The molecule has 4 nitrogen and oxygen atoms in total. The highest BCUT2D eigenvalue weighted by Crippen LogP contribution is 2.06. The molecule has 0 aromatic carbocycles. The fourth-order valence-electron chi connectivity index (χ4n) is 0.961. The number of nitrogens with one attached hydrogen (secondary N) is 1. The minimum Gasteiger partial charge on any atom is -0.391 e. The highest BCUT2D eigenvalue weighted by molar-refractivity contribution is 5.74. The molecule has 0 spiro atoms. The monoisotopic (exact) mass is 129 g/mol. The first-order valence-electron chi connectivity index (χ1n) is 2.97. The van der Waals surface area contributed by atoms with Crippen LogP contribution in [0.2, 0.25) is 0 Å². The van der Waals surface area contributed by atoms with Gasteiger partial charge in [-0.2, -0.15) is 0 Å². The molecule has 1 atom stereocenters. The van der Waals surface area contributed by atoms with Crippen LogP contribution in [0.4, 0.5) is 0 Å². The second-order valence-corrected chi connectivity index (χ2v) is 2.27. The van der Waals surface area contributed by atoms with Gasteiger partial charge in [0.15, 0.2) is 5.96 Å². The third kappa shape index (κ3) is 1.32. The fraction of sp³-hybridized carbons (Fsp3) is 0.800. The average molecular weight is 129 g/mol. The SMILES string of the molecule is N=C(N)N1CC[C@@H](O)C1. The number of guanidine groups is 1. The van der Waals surface area contributed by atoms with Gasteiger partial charge < -0.3 is 15.7 Å². The van der Waals surface area contributed by atoms with E-state index < -0.39 is 0 Å². The number of rotatable bonds is 0. The predicted octanol–water partition coefficient (Wildman–Crippen LogP) is -1.05. The van der Waals surface area contributed by atoms with E-state index in [-0.39, 0.29) is 12.1 Å². The van der Waals surface area contributed by atoms with Crippen LogP contribution in [0.3, 0.4) is 0 Å². The van der Waals surface area contributed by atoms with Gasteiger partial charge in [-0.05, 0) is 6.42 Å². The Hall–Kier alpha value is -0.770. The number of nitrogens with zero attached hydrogens (tertiary/aromatic N) is 1. The van der Waals surface area contributed by atoms with E-state index in [0.717, 1.165) is 13.0 Å². The Morgan fingerprint density at radius 2 is 2.44 bits per heavy atom. The van der Waals surface area contributed by atoms with E-state index in [1.54, 1.807) is 4.90 Å². The minimum absolute atomic E-state index is 0.0616. The standard InChI is InChI=1S/C5H11N3O/c6-5(7)8-2-1-4(9)3-8/h4,9H,1-3H2,(H3,6,7)/t4-/m1/s1. The Bertz CT molecular complexity index is 125. The van der Waals surface area contributed by atoms with Crippen LogP contribution in [-0.4, -0.2) is 35.2 Å². The van der Waals surface area contributed by atoms with Gasteiger partial charge in [0.1, 0.15) is 0 Å². The van der Waals surface area contributed by atoms with E-state index in [2.05, 4.69) is 0 Å². The molecule has 1 saturated heterocycles. The lowest BCUT2D eigenvalue weighted by Gasteiger charge is -2.13. The van der Waals surface area contributed by atoms with E-state index in [4.69, 9.17) is 16.2 Å². The van der Waals surface area contributed by atoms with E-state index in [1.807, 2.05) is 0 Å². The third-order valence-electron chi connectivity index (χ3n) is 1.50. The molecule has 0 bridgehead atoms. The van der Waals surface area contributed by atoms with Crippen molar-refractivity contribution in [2.45, 2.75) is 12.5 Å². The van der Waals surface area contributed by atoms with Crippen LogP contribution >= 0.6 is 0 Å². The second kappa shape index (κ2) is 2.23. The van der Waals surface area contributed by atoms with E-state index >= 15 is 0 Å². The molecular weight excluding hydrogens is 118 g/mol. The number of likely N-dealkylation sites (tertiary alicyclic amines) is 1. The molecule has 1 fully saturated rings. The van der Waals surface area contributed by atoms with Gasteiger partial charge in [-0.1, -0.05) is 0 Å². The average Bonchev–Trinajstić information content (AvgIpc) is 2.14. The first-order chi connectivity index (χ1) is 4.20. The van der Waals surface area contributed by atoms with Crippen LogP contribution in [0, 0.1) is 5.41 Å². The number of nitrogens with two attached hydrogens (primary N) is 1. The molecule has 1 heterocycles. The highest BCUT2D eigenvalue weighted by atomic mass is 16.3. The molecule has 9 heavy (non-hydrogen) atoms. The number of β-amino-alcohol motifs (C(OH)–C–C–N with tert-alkyl or cyclic N) is 1. The molecule has 52 valence electrons. The molecular formula is C5H11N3O. The first-order valence-corrected chi connectivity index (χ1v) is 2.97. The first kappa shape index (κ1) is 6.35. The molecule has 4 heteroatoms. The van der Waals surface area contributed by atoms with E-state index in [9.17, 15) is 0 Å². The Morgan fingerprint density at radius 1 is 1.78 bits per heavy atom. The van der Waals surface area contributed by atoms with Crippen LogP contribution in [0.1, 0.15) is 6.42 Å². The van der Waals surface area contributed by atoms with Crippen LogP contribution in [-0.2, 0) is 0 Å². The summed E-state index contributed by atoms with van der Waals surface area (Å²) in [4.78, 5) is 1.66. The van der Waals surface area contributed by atoms with Crippen molar-refractivity contribution < 1.29 is 5.11 Å². The van der Waals surface area contributed by atoms with Gasteiger partial charge in [-0.15, -0.1) is 0 Å². The highest BCUT2D eigenvalue weighted by Gasteiger charge is 2.20. The molecule has 0 radical (unpaired) electrons. The van der Waals surface area contributed by atoms with Crippen molar-refractivity contribution in [3.05, 3.63) is 0 Å². The van der Waals surface area contributed by atoms with Crippen molar-refractivity contribution in [1.29, 1.82) is 5.41 Å². The fourth-order valence-corrected chi connectivity index (χ4v) is 0.961. The third-order valence-corrected chi connectivity index (χ3v) is 1.50. The van der Waals surface area contributed by atoms with Crippen LogP contribution in [0.15, 0.2) is 0 Å². The minimum atomic E-state index is -0.283.